The van der Waals surface area contributed by atoms with E-state index in [0.717, 1.165) is 22.9 Å². The average molecular weight is 283 g/mol. The number of rotatable bonds is 4. The summed E-state index contributed by atoms with van der Waals surface area (Å²) in [6, 6.07) is 7.96. The van der Waals surface area contributed by atoms with Crippen LogP contribution in [0.5, 0.6) is 0 Å². The number of benzene rings is 1. The molecule has 1 aliphatic rings. The lowest BCUT2D eigenvalue weighted by molar-refractivity contribution is -0.121. The number of carbonyl (C=O) groups is 1. The smallest absolute Gasteiger partial charge is 0.222 e. The van der Waals surface area contributed by atoms with Crippen molar-refractivity contribution >= 4 is 21.8 Å². The van der Waals surface area contributed by atoms with Crippen LogP contribution < -0.4 is 11.1 Å². The van der Waals surface area contributed by atoms with E-state index in [0.29, 0.717) is 12.5 Å². The molecule has 1 aromatic carbocycles. The van der Waals surface area contributed by atoms with Crippen molar-refractivity contribution in [2.75, 3.05) is 0 Å². The molecule has 3 nitrogen and oxygen atoms in total. The molecule has 3 N–H and O–H groups in total. The Balaban J connectivity index is 1.88. The Bertz CT molecular complexity index is 373. The lowest BCUT2D eigenvalue weighted by Crippen LogP contribution is -2.29. The van der Waals surface area contributed by atoms with Gasteiger partial charge in [0.1, 0.15) is 0 Å². The van der Waals surface area contributed by atoms with Crippen LogP contribution in [-0.2, 0) is 4.79 Å². The van der Waals surface area contributed by atoms with Crippen molar-refractivity contribution in [3.05, 3.63) is 34.3 Å². The lowest BCUT2D eigenvalue weighted by atomic mass is 10.0. The summed E-state index contributed by atoms with van der Waals surface area (Å²) in [5, 5.41) is 2.94. The molecule has 1 aromatic rings. The minimum absolute atomic E-state index is 0.0536. The number of hydrogen-bond donors (Lipinski definition) is 2. The molecule has 0 aromatic heterocycles. The highest BCUT2D eigenvalue weighted by molar-refractivity contribution is 9.10. The van der Waals surface area contributed by atoms with E-state index in [-0.39, 0.29) is 11.9 Å². The molecule has 86 valence electrons. The first-order valence-electron chi connectivity index (χ1n) is 5.45. The highest BCUT2D eigenvalue weighted by atomic mass is 79.9. The molecule has 0 heterocycles. The molecule has 0 bridgehead atoms. The van der Waals surface area contributed by atoms with Crippen LogP contribution in [0.3, 0.4) is 0 Å². The molecule has 0 spiro atoms. The van der Waals surface area contributed by atoms with Crippen molar-refractivity contribution in [2.24, 2.45) is 5.73 Å². The zero-order valence-corrected chi connectivity index (χ0v) is 10.5. The van der Waals surface area contributed by atoms with Crippen molar-refractivity contribution < 1.29 is 4.79 Å². The molecule has 2 rings (SSSR count). The number of nitrogens with two attached hydrogens (primary N) is 1. The monoisotopic (exact) mass is 282 g/mol. The van der Waals surface area contributed by atoms with Crippen LogP contribution in [0.25, 0.3) is 0 Å². The van der Waals surface area contributed by atoms with Crippen LogP contribution in [0.15, 0.2) is 28.7 Å². The Hall–Kier alpha value is -0.870. The van der Waals surface area contributed by atoms with E-state index in [2.05, 4.69) is 21.2 Å². The average Bonchev–Trinajstić information content (AvgIpc) is 3.02. The van der Waals surface area contributed by atoms with Gasteiger partial charge in [-0.1, -0.05) is 28.1 Å². The summed E-state index contributed by atoms with van der Waals surface area (Å²) in [5.74, 6) is 0.0536. The molecule has 1 amide bonds. The van der Waals surface area contributed by atoms with Crippen LogP contribution in [0.4, 0.5) is 0 Å². The van der Waals surface area contributed by atoms with Crippen LogP contribution >= 0.6 is 15.9 Å². The molecule has 0 radical (unpaired) electrons. The van der Waals surface area contributed by atoms with E-state index in [1.807, 2.05) is 24.3 Å². The predicted molar refractivity (Wildman–Crippen MR) is 66.9 cm³/mol. The standard InChI is InChI=1S/C12H15BrN2O/c13-9-3-1-8(2-4-9)11(14)7-12(16)15-10-5-6-10/h1-4,10-11H,5-7,14H2,(H,15,16). The van der Waals surface area contributed by atoms with E-state index in [9.17, 15) is 4.79 Å². The Morgan fingerprint density at radius 2 is 2.06 bits per heavy atom. The maximum atomic E-state index is 11.5. The molecule has 1 atom stereocenters. The third-order valence-corrected chi connectivity index (χ3v) is 3.17. The van der Waals surface area contributed by atoms with Gasteiger partial charge in [0, 0.05) is 23.0 Å². The Morgan fingerprint density at radius 1 is 1.44 bits per heavy atom. The van der Waals surface area contributed by atoms with Gasteiger partial charge >= 0.3 is 0 Å². The predicted octanol–water partition coefficient (Wildman–Crippen LogP) is 2.12. The first kappa shape index (κ1) is 11.6. The van der Waals surface area contributed by atoms with E-state index >= 15 is 0 Å². The van der Waals surface area contributed by atoms with Gasteiger partial charge in [-0.05, 0) is 30.5 Å². The Kier molecular flexibility index (Phi) is 3.61. The molecule has 0 saturated heterocycles. The molecule has 1 saturated carbocycles. The van der Waals surface area contributed by atoms with Gasteiger partial charge in [0.15, 0.2) is 0 Å². The zero-order valence-electron chi connectivity index (χ0n) is 8.95. The van der Waals surface area contributed by atoms with Crippen LogP contribution in [0.2, 0.25) is 0 Å². The normalized spacial score (nSPS) is 16.9. The summed E-state index contributed by atoms with van der Waals surface area (Å²) in [4.78, 5) is 11.5. The third-order valence-electron chi connectivity index (χ3n) is 2.65. The van der Waals surface area contributed by atoms with Crippen molar-refractivity contribution in [3.63, 3.8) is 0 Å². The van der Waals surface area contributed by atoms with Gasteiger partial charge in [0.2, 0.25) is 5.91 Å². The largest absolute Gasteiger partial charge is 0.353 e. The van der Waals surface area contributed by atoms with Gasteiger partial charge in [-0.3, -0.25) is 4.79 Å². The summed E-state index contributed by atoms with van der Waals surface area (Å²) in [5.41, 5.74) is 6.96. The van der Waals surface area contributed by atoms with Gasteiger partial charge in [-0.25, -0.2) is 0 Å². The van der Waals surface area contributed by atoms with Crippen LogP contribution in [0, 0.1) is 0 Å². The third kappa shape index (κ3) is 3.32. The summed E-state index contributed by atoms with van der Waals surface area (Å²) < 4.78 is 1.02. The van der Waals surface area contributed by atoms with Crippen LogP contribution in [0.1, 0.15) is 30.9 Å². The maximum absolute atomic E-state index is 11.5. The van der Waals surface area contributed by atoms with Crippen molar-refractivity contribution in [3.8, 4) is 0 Å². The van der Waals surface area contributed by atoms with Gasteiger partial charge < -0.3 is 11.1 Å². The first-order valence-corrected chi connectivity index (χ1v) is 6.25. The first-order chi connectivity index (χ1) is 7.65. The summed E-state index contributed by atoms with van der Waals surface area (Å²) in [6.07, 6.45) is 2.58. The number of halogens is 1. The molecular weight excluding hydrogens is 268 g/mol. The lowest BCUT2D eigenvalue weighted by Gasteiger charge is -2.11. The number of carbonyl (C=O) groups excluding carboxylic acids is 1. The SMILES string of the molecule is NC(CC(=O)NC1CC1)c1ccc(Br)cc1. The van der Waals surface area contributed by atoms with Crippen molar-refractivity contribution in [1.82, 2.24) is 5.32 Å². The van der Waals surface area contributed by atoms with Crippen molar-refractivity contribution in [2.45, 2.75) is 31.3 Å². The van der Waals surface area contributed by atoms with E-state index in [1.165, 1.54) is 0 Å². The molecule has 1 aliphatic carbocycles. The quantitative estimate of drug-likeness (QED) is 0.889. The number of amides is 1. The minimum Gasteiger partial charge on any atom is -0.353 e. The van der Waals surface area contributed by atoms with Gasteiger partial charge in [-0.2, -0.15) is 0 Å². The zero-order chi connectivity index (χ0) is 11.5. The van der Waals surface area contributed by atoms with Gasteiger partial charge in [0.25, 0.3) is 0 Å². The van der Waals surface area contributed by atoms with E-state index in [1.54, 1.807) is 0 Å². The molecule has 1 fully saturated rings. The van der Waals surface area contributed by atoms with Gasteiger partial charge in [0.05, 0.1) is 0 Å². The highest BCUT2D eigenvalue weighted by Gasteiger charge is 2.24. The fourth-order valence-corrected chi connectivity index (χ4v) is 1.81. The fraction of sp³-hybridized carbons (Fsp3) is 0.417. The topological polar surface area (TPSA) is 55.1 Å². The Labute approximate surface area is 104 Å². The van der Waals surface area contributed by atoms with Crippen LogP contribution in [-0.4, -0.2) is 11.9 Å². The van der Waals surface area contributed by atoms with E-state index in [4.69, 9.17) is 5.73 Å². The molecular formula is C12H15BrN2O. The molecule has 1 unspecified atom stereocenters. The molecule has 0 aliphatic heterocycles. The second-order valence-corrected chi connectivity index (χ2v) is 5.12. The molecule has 16 heavy (non-hydrogen) atoms. The number of nitrogens with one attached hydrogen (secondary N) is 1. The van der Waals surface area contributed by atoms with Gasteiger partial charge in [-0.15, -0.1) is 0 Å². The Morgan fingerprint density at radius 3 is 2.62 bits per heavy atom. The van der Waals surface area contributed by atoms with E-state index < -0.39 is 0 Å². The highest BCUT2D eigenvalue weighted by Crippen LogP contribution is 2.21. The fourth-order valence-electron chi connectivity index (χ4n) is 1.54. The summed E-state index contributed by atoms with van der Waals surface area (Å²) in [6.45, 7) is 0. The minimum atomic E-state index is -0.216. The second kappa shape index (κ2) is 4.97. The number of hydrogen-bond acceptors (Lipinski definition) is 2. The summed E-state index contributed by atoms with van der Waals surface area (Å²) >= 11 is 3.37. The van der Waals surface area contributed by atoms with Crippen molar-refractivity contribution in [1.29, 1.82) is 0 Å². The maximum Gasteiger partial charge on any atom is 0.222 e. The second-order valence-electron chi connectivity index (χ2n) is 4.20. The summed E-state index contributed by atoms with van der Waals surface area (Å²) in [7, 11) is 0. The molecule has 4 heteroatoms.